The smallest absolute Gasteiger partial charge is 0.468 e. The van der Waals surface area contributed by atoms with Crippen LogP contribution in [-0.4, -0.2) is 62.8 Å². The van der Waals surface area contributed by atoms with Gasteiger partial charge in [0.1, 0.15) is 24.9 Å². The highest BCUT2D eigenvalue weighted by Crippen LogP contribution is 2.30. The normalized spacial score (nSPS) is 12.8. The summed E-state index contributed by atoms with van der Waals surface area (Å²) in [4.78, 5) is 49.5. The van der Waals surface area contributed by atoms with E-state index >= 15 is 0 Å². The summed E-state index contributed by atoms with van der Waals surface area (Å²) in [6.07, 6.45) is 0.421. The van der Waals surface area contributed by atoms with E-state index < -0.39 is 30.3 Å². The number of esters is 2. The number of hydrogen-bond acceptors (Lipinski definition) is 11. The van der Waals surface area contributed by atoms with Gasteiger partial charge in [0, 0.05) is 6.54 Å². The molecule has 11 nitrogen and oxygen atoms in total. The van der Waals surface area contributed by atoms with Crippen LogP contribution in [0.1, 0.15) is 69.3 Å². The van der Waals surface area contributed by atoms with E-state index in [1.807, 2.05) is 13.8 Å². The molecule has 0 spiro atoms. The van der Waals surface area contributed by atoms with Gasteiger partial charge in [-0.15, -0.1) is 0 Å². The molecule has 42 heavy (non-hydrogen) atoms. The van der Waals surface area contributed by atoms with Crippen LogP contribution in [0.5, 0.6) is 11.5 Å². The number of carbonyl (C=O) groups is 4. The van der Waals surface area contributed by atoms with Gasteiger partial charge in [-0.25, -0.2) is 14.4 Å². The summed E-state index contributed by atoms with van der Waals surface area (Å²) in [5.41, 5.74) is 0.979. The molecule has 3 atom stereocenters. The van der Waals surface area contributed by atoms with Crippen molar-refractivity contribution in [3.8, 4) is 11.5 Å². The van der Waals surface area contributed by atoms with E-state index in [4.69, 9.17) is 28.4 Å². The Kier molecular flexibility index (Phi) is 14.9. The molecule has 0 saturated carbocycles. The fourth-order valence-corrected chi connectivity index (χ4v) is 3.98. The Balaban J connectivity index is 2.13. The first-order valence-corrected chi connectivity index (χ1v) is 14.1. The molecule has 0 radical (unpaired) electrons. The lowest BCUT2D eigenvalue weighted by molar-refractivity contribution is -0.143. The molecule has 0 amide bonds. The molecule has 2 unspecified atom stereocenters. The van der Waals surface area contributed by atoms with Gasteiger partial charge in [-0.3, -0.25) is 4.79 Å². The zero-order valence-corrected chi connectivity index (χ0v) is 24.9. The van der Waals surface area contributed by atoms with Gasteiger partial charge in [0.05, 0.1) is 12.7 Å². The Morgan fingerprint density at radius 3 is 1.98 bits per heavy atom. The number of rotatable bonds is 16. The maximum absolute atomic E-state index is 12.5. The maximum atomic E-state index is 12.5. The van der Waals surface area contributed by atoms with Crippen molar-refractivity contribution >= 4 is 24.2 Å². The molecule has 0 aliphatic carbocycles. The molecule has 2 rings (SSSR count). The van der Waals surface area contributed by atoms with Crippen LogP contribution in [0.15, 0.2) is 48.5 Å². The van der Waals surface area contributed by atoms with Crippen LogP contribution in [0.25, 0.3) is 0 Å². The van der Waals surface area contributed by atoms with Gasteiger partial charge in [-0.2, -0.15) is 0 Å². The van der Waals surface area contributed by atoms with E-state index in [1.54, 1.807) is 50.2 Å². The standard InChI is InChI=1S/C31H41NO10/c1-6-11-21(3)39-30(35)41-26-16-15-23(20-27(26)42-31(36)40-22(4)12-7-2)19-25(29(34)37-5)32-17-18-38-28(33)24-13-9-8-10-14-24/h8-10,13-16,20-22,25,32H,6-7,11-12,17-19H2,1-5H3/t21?,22?,25-/m0/s1. The third-order valence-corrected chi connectivity index (χ3v) is 6.04. The van der Waals surface area contributed by atoms with Crippen LogP contribution < -0.4 is 14.8 Å². The lowest BCUT2D eigenvalue weighted by Gasteiger charge is -2.18. The summed E-state index contributed by atoms with van der Waals surface area (Å²) in [5, 5.41) is 3.02. The average Bonchev–Trinajstić information content (AvgIpc) is 2.95. The van der Waals surface area contributed by atoms with Crippen LogP contribution in [0.3, 0.4) is 0 Å². The monoisotopic (exact) mass is 587 g/mol. The highest BCUT2D eigenvalue weighted by atomic mass is 16.7. The first-order valence-electron chi connectivity index (χ1n) is 14.1. The Hall–Kier alpha value is -4.12. The Morgan fingerprint density at radius 1 is 0.810 bits per heavy atom. The Bertz CT molecular complexity index is 1150. The van der Waals surface area contributed by atoms with Crippen LogP contribution >= 0.6 is 0 Å². The summed E-state index contributed by atoms with van der Waals surface area (Å²) in [6.45, 7) is 7.61. The first kappa shape index (κ1) is 34.1. The van der Waals surface area contributed by atoms with Crippen LogP contribution in [0.2, 0.25) is 0 Å². The zero-order valence-electron chi connectivity index (χ0n) is 24.9. The number of benzene rings is 2. The zero-order chi connectivity index (χ0) is 30.9. The summed E-state index contributed by atoms with van der Waals surface area (Å²) < 4.78 is 31.5. The van der Waals surface area contributed by atoms with Gasteiger partial charge in [-0.1, -0.05) is 51.0 Å². The lowest BCUT2D eigenvalue weighted by atomic mass is 10.1. The van der Waals surface area contributed by atoms with E-state index in [9.17, 15) is 19.2 Å². The molecule has 0 heterocycles. The average molecular weight is 588 g/mol. The van der Waals surface area contributed by atoms with Gasteiger partial charge in [0.2, 0.25) is 0 Å². The van der Waals surface area contributed by atoms with Gasteiger partial charge in [0.25, 0.3) is 0 Å². The molecule has 2 aromatic carbocycles. The molecule has 0 aromatic heterocycles. The third-order valence-electron chi connectivity index (χ3n) is 6.04. The molecule has 0 aliphatic heterocycles. The molecule has 230 valence electrons. The number of nitrogens with one attached hydrogen (secondary N) is 1. The summed E-state index contributed by atoms with van der Waals surface area (Å²) in [7, 11) is 1.26. The SMILES string of the molecule is CCCC(C)OC(=O)Oc1ccc(C[C@H](NCCOC(=O)c2ccccc2)C(=O)OC)cc1OC(=O)OC(C)CCC. The molecule has 1 N–H and O–H groups in total. The van der Waals surface area contributed by atoms with Crippen LogP contribution in [0, 0.1) is 0 Å². The number of ether oxygens (including phenoxy) is 6. The van der Waals surface area contributed by atoms with E-state index in [0.717, 1.165) is 12.8 Å². The predicted molar refractivity (Wildman–Crippen MR) is 154 cm³/mol. The Labute approximate surface area is 246 Å². The second-order valence-corrected chi connectivity index (χ2v) is 9.66. The fraction of sp³-hybridized carbons (Fsp3) is 0.484. The largest absolute Gasteiger partial charge is 0.514 e. The molecular formula is C31H41NO10. The van der Waals surface area contributed by atoms with Crippen molar-refractivity contribution in [2.24, 2.45) is 0 Å². The highest BCUT2D eigenvalue weighted by molar-refractivity contribution is 5.89. The van der Waals surface area contributed by atoms with E-state index in [0.29, 0.717) is 24.0 Å². The van der Waals surface area contributed by atoms with Crippen molar-refractivity contribution in [3.05, 3.63) is 59.7 Å². The maximum Gasteiger partial charge on any atom is 0.514 e. The van der Waals surface area contributed by atoms with Gasteiger partial charge in [0.15, 0.2) is 11.5 Å². The van der Waals surface area contributed by atoms with Crippen molar-refractivity contribution in [3.63, 3.8) is 0 Å². The topological polar surface area (TPSA) is 136 Å². The second kappa shape index (κ2) is 18.3. The van der Waals surface area contributed by atoms with Crippen molar-refractivity contribution in [1.29, 1.82) is 0 Å². The van der Waals surface area contributed by atoms with Gasteiger partial charge >= 0.3 is 24.2 Å². The number of methoxy groups -OCH3 is 1. The van der Waals surface area contributed by atoms with Gasteiger partial charge in [-0.05, 0) is 62.9 Å². The minimum absolute atomic E-state index is 0.0166. The number of carbonyl (C=O) groups excluding carboxylic acids is 4. The molecule has 0 fully saturated rings. The molecule has 0 aliphatic rings. The highest BCUT2D eigenvalue weighted by Gasteiger charge is 2.23. The minimum Gasteiger partial charge on any atom is -0.468 e. The van der Waals surface area contributed by atoms with E-state index in [-0.39, 0.29) is 43.3 Å². The van der Waals surface area contributed by atoms with Crippen molar-refractivity contribution in [2.75, 3.05) is 20.3 Å². The number of hydrogen-bond donors (Lipinski definition) is 1. The van der Waals surface area contributed by atoms with Crippen LogP contribution in [-0.2, 0) is 30.2 Å². The second-order valence-electron chi connectivity index (χ2n) is 9.66. The van der Waals surface area contributed by atoms with E-state index in [2.05, 4.69) is 5.32 Å². The quantitative estimate of drug-likeness (QED) is 0.113. The summed E-state index contributed by atoms with van der Waals surface area (Å²) >= 11 is 0. The Morgan fingerprint density at radius 2 is 1.40 bits per heavy atom. The fourth-order valence-electron chi connectivity index (χ4n) is 3.98. The summed E-state index contributed by atoms with van der Waals surface area (Å²) in [6, 6.07) is 12.3. The first-order chi connectivity index (χ1) is 20.2. The van der Waals surface area contributed by atoms with Crippen molar-refractivity contribution in [2.45, 2.75) is 78.0 Å². The molecule has 0 saturated heterocycles. The molecule has 0 bridgehead atoms. The lowest BCUT2D eigenvalue weighted by Crippen LogP contribution is -2.41. The minimum atomic E-state index is -0.964. The molecule has 11 heteroatoms. The molecule has 2 aromatic rings. The predicted octanol–water partition coefficient (Wildman–Crippen LogP) is 5.63. The molecular weight excluding hydrogens is 546 g/mol. The van der Waals surface area contributed by atoms with E-state index in [1.165, 1.54) is 19.2 Å². The van der Waals surface area contributed by atoms with Crippen LogP contribution in [0.4, 0.5) is 9.59 Å². The van der Waals surface area contributed by atoms with Crippen molar-refractivity contribution < 1.29 is 47.6 Å². The summed E-state index contributed by atoms with van der Waals surface area (Å²) in [5.74, 6) is -1.16. The third kappa shape index (κ3) is 12.2. The van der Waals surface area contributed by atoms with Crippen molar-refractivity contribution in [1.82, 2.24) is 5.32 Å². The van der Waals surface area contributed by atoms with Gasteiger partial charge < -0.3 is 33.7 Å².